The van der Waals surface area contributed by atoms with Crippen molar-refractivity contribution in [2.75, 3.05) is 87.2 Å². The van der Waals surface area contributed by atoms with Crippen LogP contribution in [0, 0.1) is 18.2 Å². The number of halogens is 2. The van der Waals surface area contributed by atoms with Gasteiger partial charge in [-0.2, -0.15) is 4.98 Å². The van der Waals surface area contributed by atoms with Crippen LogP contribution in [0.4, 0.5) is 38.9 Å². The van der Waals surface area contributed by atoms with Crippen molar-refractivity contribution in [2.45, 2.75) is 71.4 Å². The predicted molar refractivity (Wildman–Crippen MR) is 270 cm³/mol. The number of methoxy groups -OCH3 is 1. The van der Waals surface area contributed by atoms with Crippen molar-refractivity contribution < 1.29 is 28.1 Å². The highest BCUT2D eigenvalue weighted by Crippen LogP contribution is 2.45. The molecule has 18 heteroatoms. The van der Waals surface area contributed by atoms with E-state index in [4.69, 9.17) is 9.72 Å². The molecule has 1 unspecified atom stereocenters. The van der Waals surface area contributed by atoms with E-state index in [1.165, 1.54) is 30.2 Å². The van der Waals surface area contributed by atoms with Crippen molar-refractivity contribution in [2.24, 2.45) is 5.41 Å². The molecule has 358 valence electrons. The third-order valence-corrected chi connectivity index (χ3v) is 16.6. The minimum Gasteiger partial charge on any atom is -0.494 e. The number of imide groups is 1. The van der Waals surface area contributed by atoms with Crippen LogP contribution in [0.25, 0.3) is 10.9 Å². The first-order valence-electron chi connectivity index (χ1n) is 23.4. The molecule has 3 N–H and O–H groups in total. The second kappa shape index (κ2) is 19.0. The molecule has 9 rings (SSSR count). The fraction of sp³-hybridized carbons (Fsp3) is 0.440. The van der Waals surface area contributed by atoms with Gasteiger partial charge in [0.05, 0.1) is 34.2 Å². The fourth-order valence-electron chi connectivity index (χ4n) is 10.4. The molecule has 3 amide bonds. The largest absolute Gasteiger partial charge is 0.494 e. The van der Waals surface area contributed by atoms with Crippen molar-refractivity contribution in [1.29, 1.82) is 0 Å². The van der Waals surface area contributed by atoms with Crippen LogP contribution in [-0.4, -0.2) is 115 Å². The van der Waals surface area contributed by atoms with Gasteiger partial charge in [-0.1, -0.05) is 6.92 Å². The Morgan fingerprint density at radius 1 is 0.985 bits per heavy atom. The average Bonchev–Trinajstić information content (AvgIpc) is 3.64. The third-order valence-electron chi connectivity index (χ3n) is 14.4. The number of hydrogen-bond donors (Lipinski definition) is 3. The number of piperidine rings is 3. The number of likely N-dealkylation sites (N-methyl/N-ethyl adjacent to an activating group) is 1. The number of likely N-dealkylation sites (tertiary alicyclic amines) is 1. The van der Waals surface area contributed by atoms with Crippen LogP contribution in [0.5, 0.6) is 5.75 Å². The van der Waals surface area contributed by atoms with Gasteiger partial charge in [0.25, 0.3) is 5.91 Å². The normalized spacial score (nSPS) is 18.5. The molecule has 6 heterocycles. The van der Waals surface area contributed by atoms with Crippen molar-refractivity contribution in [3.05, 3.63) is 87.4 Å². The first-order valence-corrected chi connectivity index (χ1v) is 26.8. The monoisotopic (exact) mass is 1010 g/mol. The quantitative estimate of drug-likeness (QED) is 0.0766. The van der Waals surface area contributed by atoms with Crippen LogP contribution < -0.4 is 35.8 Å². The number of aromatic nitrogens is 3. The van der Waals surface area contributed by atoms with Gasteiger partial charge in [0.2, 0.25) is 17.8 Å². The number of aryl methyl sites for hydroxylation is 2. The van der Waals surface area contributed by atoms with Gasteiger partial charge in [0.15, 0.2) is 0 Å². The number of anilines is 6. The number of carbonyl (C=O) groups excluding carboxylic acids is 3. The summed E-state index contributed by atoms with van der Waals surface area (Å²) in [5.41, 5.74) is 7.43. The molecule has 3 fully saturated rings. The van der Waals surface area contributed by atoms with E-state index in [-0.39, 0.29) is 23.9 Å². The summed E-state index contributed by atoms with van der Waals surface area (Å²) in [6.07, 6.45) is 7.68. The van der Waals surface area contributed by atoms with Crippen LogP contribution >= 0.6 is 23.1 Å². The van der Waals surface area contributed by atoms with Gasteiger partial charge in [-0.05, 0) is 147 Å². The van der Waals surface area contributed by atoms with Crippen LogP contribution in [-0.2, 0) is 27.1 Å². The minimum absolute atomic E-state index is 0.151. The first-order chi connectivity index (χ1) is 32.5. The second-order valence-electron chi connectivity index (χ2n) is 19.1. The zero-order chi connectivity index (χ0) is 48.1. The Balaban J connectivity index is 0.805. The molecule has 0 bridgehead atoms. The number of benzene rings is 3. The standard InChI is InChI=1S/C50H59BrFN10O5P/c1-7-31-25-40(56-49-53-28-36(51)46(58-49)55-39-11-10-38-35(45(39)68(5,6)66)26-37(52)30(2)54-38)43(67-4)27-42(31)61-20-16-50(17-21-61)14-18-60(19-15-50)23-22-59(3)33-8-9-34-32(24-33)29-62(48(34)65)41-12-13-44(63)57-47(41)64/h8-11,24-28,41H,7,12-23,29H2,1-6H3,(H,57,63,64)(H2,53,55,56,58). The highest BCUT2D eigenvalue weighted by molar-refractivity contribution is 9.10. The van der Waals surface area contributed by atoms with E-state index in [2.05, 4.69) is 88.7 Å². The number of nitrogens with one attached hydrogen (secondary N) is 3. The Kier molecular flexibility index (Phi) is 13.3. The molecule has 1 spiro atoms. The van der Waals surface area contributed by atoms with Gasteiger partial charge in [-0.25, -0.2) is 9.37 Å². The maximum atomic E-state index is 14.8. The number of rotatable bonds is 13. The lowest BCUT2D eigenvalue weighted by molar-refractivity contribution is -0.136. The Labute approximate surface area is 405 Å². The van der Waals surface area contributed by atoms with Crippen LogP contribution in [0.1, 0.15) is 72.6 Å². The highest BCUT2D eigenvalue weighted by Gasteiger charge is 2.40. The number of fused-ring (bicyclic) bond motifs is 2. The maximum absolute atomic E-state index is 14.8. The summed E-state index contributed by atoms with van der Waals surface area (Å²) in [6.45, 7) is 13.4. The maximum Gasteiger partial charge on any atom is 0.255 e. The number of carbonyl (C=O) groups is 3. The topological polar surface area (TPSA) is 165 Å². The van der Waals surface area contributed by atoms with Crippen LogP contribution in [0.3, 0.4) is 0 Å². The average molecular weight is 1010 g/mol. The van der Waals surface area contributed by atoms with E-state index in [0.717, 1.165) is 75.5 Å². The van der Waals surface area contributed by atoms with Crippen molar-refractivity contribution in [1.82, 2.24) is 30.1 Å². The summed E-state index contributed by atoms with van der Waals surface area (Å²) in [5, 5.41) is 10.1. The van der Waals surface area contributed by atoms with Gasteiger partial charge >= 0.3 is 0 Å². The lowest BCUT2D eigenvalue weighted by Gasteiger charge is -2.48. The first kappa shape index (κ1) is 47.4. The number of amides is 3. The Morgan fingerprint density at radius 3 is 2.44 bits per heavy atom. The van der Waals surface area contributed by atoms with E-state index in [9.17, 15) is 23.3 Å². The number of ether oxygens (including phenoxy) is 1. The molecule has 0 saturated carbocycles. The fourth-order valence-corrected chi connectivity index (χ4v) is 12.2. The molecule has 3 aromatic carbocycles. The Morgan fingerprint density at radius 2 is 1.74 bits per heavy atom. The van der Waals surface area contributed by atoms with Gasteiger partial charge in [0, 0.05) is 86.1 Å². The van der Waals surface area contributed by atoms with E-state index in [1.54, 1.807) is 50.6 Å². The van der Waals surface area contributed by atoms with Crippen LogP contribution in [0.2, 0.25) is 0 Å². The summed E-state index contributed by atoms with van der Waals surface area (Å²) in [7, 11) is 0.846. The molecule has 0 aliphatic carbocycles. The summed E-state index contributed by atoms with van der Waals surface area (Å²) in [4.78, 5) is 60.1. The SMILES string of the molecule is CCc1cc(Nc2ncc(Br)c(Nc3ccc4nc(C)c(F)cc4c3P(C)(C)=O)n2)c(OC)cc1N1CCC2(CCN(CCN(C)c3ccc4c(c3)CN(C3CCC(=O)NC3=O)C4=O)CC2)CC1. The molecule has 15 nitrogen and oxygen atoms in total. The van der Waals surface area contributed by atoms with Crippen molar-refractivity contribution in [3.8, 4) is 5.75 Å². The van der Waals surface area contributed by atoms with E-state index < -0.39 is 24.9 Å². The Bertz CT molecular complexity index is 2860. The molecule has 0 radical (unpaired) electrons. The zero-order valence-corrected chi connectivity index (χ0v) is 42.0. The molecular weight excluding hydrogens is 950 g/mol. The lowest BCUT2D eigenvalue weighted by atomic mass is 9.71. The lowest BCUT2D eigenvalue weighted by Crippen LogP contribution is -2.52. The van der Waals surface area contributed by atoms with Gasteiger partial charge in [0.1, 0.15) is 30.6 Å². The summed E-state index contributed by atoms with van der Waals surface area (Å²) >= 11 is 3.58. The van der Waals surface area contributed by atoms with Crippen LogP contribution in [0.15, 0.2) is 59.2 Å². The number of nitrogens with zero attached hydrogens (tertiary/aromatic N) is 7. The third kappa shape index (κ3) is 9.53. The second-order valence-corrected chi connectivity index (χ2v) is 23.1. The van der Waals surface area contributed by atoms with Gasteiger partial charge in [-0.3, -0.25) is 24.7 Å². The highest BCUT2D eigenvalue weighted by atomic mass is 79.9. The smallest absolute Gasteiger partial charge is 0.255 e. The molecule has 5 aromatic rings. The summed E-state index contributed by atoms with van der Waals surface area (Å²) < 4.78 is 35.0. The minimum atomic E-state index is -2.92. The van der Waals surface area contributed by atoms with E-state index in [1.807, 2.05) is 12.1 Å². The van der Waals surface area contributed by atoms with E-state index >= 15 is 0 Å². The van der Waals surface area contributed by atoms with Gasteiger partial charge in [-0.15, -0.1) is 0 Å². The van der Waals surface area contributed by atoms with Crippen molar-refractivity contribution >= 4 is 91.5 Å². The molecule has 4 aliphatic rings. The summed E-state index contributed by atoms with van der Waals surface area (Å²) in [6, 6.07) is 14.6. The van der Waals surface area contributed by atoms with Gasteiger partial charge < -0.3 is 39.5 Å². The van der Waals surface area contributed by atoms with E-state index in [0.29, 0.717) is 67.8 Å². The molecular formula is C50H59BrFN10O5P. The molecule has 3 saturated heterocycles. The Hall–Kier alpha value is -5.64. The van der Waals surface area contributed by atoms with Crippen molar-refractivity contribution in [3.63, 3.8) is 0 Å². The summed E-state index contributed by atoms with van der Waals surface area (Å²) in [5.74, 6) is 0.177. The number of pyridine rings is 1. The molecule has 4 aliphatic heterocycles. The number of hydrogen-bond acceptors (Lipinski definition) is 13. The molecule has 68 heavy (non-hydrogen) atoms. The molecule has 1 atom stereocenters. The predicted octanol–water partition coefficient (Wildman–Crippen LogP) is 8.12. The zero-order valence-electron chi connectivity index (χ0n) is 39.5. The molecule has 2 aromatic heterocycles.